The Morgan fingerprint density at radius 1 is 1.37 bits per heavy atom. The van der Waals surface area contributed by atoms with Crippen molar-refractivity contribution in [2.75, 3.05) is 13.7 Å². The average molecular weight is 277 g/mol. The molecule has 19 heavy (non-hydrogen) atoms. The number of thiophene rings is 1. The maximum Gasteiger partial charge on any atom is 0.264 e. The summed E-state index contributed by atoms with van der Waals surface area (Å²) in [5.41, 5.74) is 0.464. The van der Waals surface area contributed by atoms with Gasteiger partial charge >= 0.3 is 0 Å². The highest BCUT2D eigenvalue weighted by molar-refractivity contribution is 7.21. The fourth-order valence-electron chi connectivity index (χ4n) is 1.91. The van der Waals surface area contributed by atoms with Gasteiger partial charge in [0.25, 0.3) is 5.91 Å². The first-order valence-corrected chi connectivity index (χ1v) is 7.07. The second kappa shape index (κ2) is 4.94. The zero-order chi connectivity index (χ0) is 14.2. The highest BCUT2D eigenvalue weighted by Gasteiger charge is 2.29. The number of benzene rings is 1. The maximum atomic E-state index is 12.6. The van der Waals surface area contributed by atoms with Crippen LogP contribution in [0.15, 0.2) is 24.3 Å². The summed E-state index contributed by atoms with van der Waals surface area (Å²) in [5, 5.41) is 10.5. The van der Waals surface area contributed by atoms with Gasteiger partial charge in [0.2, 0.25) is 0 Å². The SMILES string of the molecule is Cc1c(C(=O)N(C)C(C)(C)CO)sc2ccccc12. The first kappa shape index (κ1) is 14.0. The molecule has 0 saturated carbocycles. The first-order valence-electron chi connectivity index (χ1n) is 6.25. The number of hydrogen-bond acceptors (Lipinski definition) is 3. The Balaban J connectivity index is 2.45. The van der Waals surface area contributed by atoms with Crippen molar-refractivity contribution in [3.63, 3.8) is 0 Å². The van der Waals surface area contributed by atoms with Crippen LogP contribution >= 0.6 is 11.3 Å². The number of carbonyl (C=O) groups excluding carboxylic acids is 1. The number of rotatable bonds is 3. The van der Waals surface area contributed by atoms with E-state index in [1.54, 1.807) is 11.9 Å². The zero-order valence-corrected chi connectivity index (χ0v) is 12.5. The zero-order valence-electron chi connectivity index (χ0n) is 11.7. The van der Waals surface area contributed by atoms with Gasteiger partial charge < -0.3 is 10.0 Å². The van der Waals surface area contributed by atoms with E-state index in [0.717, 1.165) is 20.5 Å². The molecule has 0 bridgehead atoms. The van der Waals surface area contributed by atoms with Gasteiger partial charge in [-0.1, -0.05) is 18.2 Å². The minimum absolute atomic E-state index is 0.0299. The second-order valence-electron chi connectivity index (χ2n) is 5.39. The van der Waals surface area contributed by atoms with Gasteiger partial charge in [-0.25, -0.2) is 0 Å². The molecule has 0 spiro atoms. The summed E-state index contributed by atoms with van der Waals surface area (Å²) in [6.07, 6.45) is 0. The molecular weight excluding hydrogens is 258 g/mol. The van der Waals surface area contributed by atoms with Crippen LogP contribution in [-0.2, 0) is 0 Å². The van der Waals surface area contributed by atoms with E-state index in [2.05, 4.69) is 0 Å². The molecule has 3 nitrogen and oxygen atoms in total. The molecule has 0 saturated heterocycles. The van der Waals surface area contributed by atoms with Crippen molar-refractivity contribution < 1.29 is 9.90 Å². The predicted octanol–water partition coefficient (Wildman–Crippen LogP) is 3.05. The van der Waals surface area contributed by atoms with Crippen LogP contribution in [0.2, 0.25) is 0 Å². The van der Waals surface area contributed by atoms with Gasteiger partial charge in [-0.2, -0.15) is 0 Å². The molecule has 0 fully saturated rings. The van der Waals surface area contributed by atoms with Gasteiger partial charge in [-0.3, -0.25) is 4.79 Å². The van der Waals surface area contributed by atoms with Crippen molar-refractivity contribution >= 4 is 27.3 Å². The van der Waals surface area contributed by atoms with Gasteiger partial charge in [-0.15, -0.1) is 11.3 Å². The lowest BCUT2D eigenvalue weighted by Gasteiger charge is -2.33. The number of likely N-dealkylation sites (N-methyl/N-ethyl adjacent to an activating group) is 1. The Morgan fingerprint density at radius 2 is 2.00 bits per heavy atom. The van der Waals surface area contributed by atoms with E-state index < -0.39 is 5.54 Å². The summed E-state index contributed by atoms with van der Waals surface area (Å²) in [6, 6.07) is 8.03. The van der Waals surface area contributed by atoms with Crippen molar-refractivity contribution in [2.24, 2.45) is 0 Å². The Labute approximate surface area is 117 Å². The van der Waals surface area contributed by atoms with E-state index in [4.69, 9.17) is 0 Å². The number of nitrogens with zero attached hydrogens (tertiary/aromatic N) is 1. The van der Waals surface area contributed by atoms with Crippen molar-refractivity contribution in [3.8, 4) is 0 Å². The Kier molecular flexibility index (Phi) is 3.65. The van der Waals surface area contributed by atoms with Gasteiger partial charge in [0.15, 0.2) is 0 Å². The molecular formula is C15H19NO2S. The number of fused-ring (bicyclic) bond motifs is 1. The van der Waals surface area contributed by atoms with E-state index in [-0.39, 0.29) is 12.5 Å². The third-order valence-electron chi connectivity index (χ3n) is 3.64. The van der Waals surface area contributed by atoms with Gasteiger partial charge in [0.05, 0.1) is 17.0 Å². The highest BCUT2D eigenvalue weighted by Crippen LogP contribution is 2.32. The largest absolute Gasteiger partial charge is 0.394 e. The van der Waals surface area contributed by atoms with Crippen LogP contribution in [0.1, 0.15) is 29.1 Å². The summed E-state index contributed by atoms with van der Waals surface area (Å²) in [6.45, 7) is 5.63. The molecule has 0 unspecified atom stereocenters. The number of amides is 1. The molecule has 2 aromatic rings. The van der Waals surface area contributed by atoms with Crippen molar-refractivity contribution in [3.05, 3.63) is 34.7 Å². The van der Waals surface area contributed by atoms with E-state index in [1.165, 1.54) is 11.3 Å². The lowest BCUT2D eigenvalue weighted by molar-refractivity contribution is 0.0477. The Morgan fingerprint density at radius 3 is 2.58 bits per heavy atom. The molecule has 2 rings (SSSR count). The average Bonchev–Trinajstić information content (AvgIpc) is 2.75. The smallest absolute Gasteiger partial charge is 0.264 e. The number of aryl methyl sites for hydroxylation is 1. The lowest BCUT2D eigenvalue weighted by atomic mass is 10.0. The van der Waals surface area contributed by atoms with Gasteiger partial charge in [0.1, 0.15) is 0 Å². The van der Waals surface area contributed by atoms with Crippen molar-refractivity contribution in [1.82, 2.24) is 4.90 Å². The third-order valence-corrected chi connectivity index (χ3v) is 4.90. The molecule has 0 aliphatic rings. The molecule has 1 aromatic carbocycles. The summed E-state index contributed by atoms with van der Waals surface area (Å²) in [4.78, 5) is 14.9. The van der Waals surface area contributed by atoms with Crippen LogP contribution < -0.4 is 0 Å². The molecule has 1 amide bonds. The van der Waals surface area contributed by atoms with E-state index in [0.29, 0.717) is 0 Å². The molecule has 0 radical (unpaired) electrons. The van der Waals surface area contributed by atoms with E-state index in [9.17, 15) is 9.90 Å². The highest BCUT2D eigenvalue weighted by atomic mass is 32.1. The number of carbonyl (C=O) groups is 1. The van der Waals surface area contributed by atoms with Crippen LogP contribution in [0.3, 0.4) is 0 Å². The predicted molar refractivity (Wildman–Crippen MR) is 79.8 cm³/mol. The monoisotopic (exact) mass is 277 g/mol. The number of aliphatic hydroxyl groups excluding tert-OH is 1. The number of aliphatic hydroxyl groups is 1. The molecule has 1 heterocycles. The molecule has 0 atom stereocenters. The molecule has 0 aliphatic heterocycles. The van der Waals surface area contributed by atoms with Crippen LogP contribution in [0.5, 0.6) is 0 Å². The minimum Gasteiger partial charge on any atom is -0.394 e. The van der Waals surface area contributed by atoms with Gasteiger partial charge in [0, 0.05) is 11.7 Å². The molecule has 102 valence electrons. The first-order chi connectivity index (χ1) is 8.88. The Hall–Kier alpha value is -1.39. The molecule has 0 aliphatic carbocycles. The van der Waals surface area contributed by atoms with E-state index >= 15 is 0 Å². The van der Waals surface area contributed by atoms with Crippen LogP contribution in [-0.4, -0.2) is 35.1 Å². The molecule has 1 aromatic heterocycles. The summed E-state index contributed by atoms with van der Waals surface area (Å²) in [5.74, 6) is -0.0299. The molecule has 4 heteroatoms. The Bertz CT molecular complexity index is 616. The van der Waals surface area contributed by atoms with E-state index in [1.807, 2.05) is 45.0 Å². The van der Waals surface area contributed by atoms with Gasteiger partial charge in [-0.05, 0) is 37.8 Å². The van der Waals surface area contributed by atoms with Crippen LogP contribution in [0.4, 0.5) is 0 Å². The quantitative estimate of drug-likeness (QED) is 0.936. The van der Waals surface area contributed by atoms with Crippen LogP contribution in [0.25, 0.3) is 10.1 Å². The molecule has 1 N–H and O–H groups in total. The topological polar surface area (TPSA) is 40.5 Å². The normalized spacial score (nSPS) is 11.8. The summed E-state index contributed by atoms with van der Waals surface area (Å²) >= 11 is 1.51. The number of hydrogen-bond donors (Lipinski definition) is 1. The van der Waals surface area contributed by atoms with Crippen molar-refractivity contribution in [1.29, 1.82) is 0 Å². The lowest BCUT2D eigenvalue weighted by Crippen LogP contribution is -2.47. The maximum absolute atomic E-state index is 12.6. The standard InChI is InChI=1S/C15H19NO2S/c1-10-11-7-5-6-8-12(11)19-13(10)14(18)16(4)15(2,3)9-17/h5-8,17H,9H2,1-4H3. The minimum atomic E-state index is -0.556. The summed E-state index contributed by atoms with van der Waals surface area (Å²) in [7, 11) is 1.74. The summed E-state index contributed by atoms with van der Waals surface area (Å²) < 4.78 is 1.12. The van der Waals surface area contributed by atoms with Crippen LogP contribution in [0, 0.1) is 6.92 Å². The fraction of sp³-hybridized carbons (Fsp3) is 0.400. The van der Waals surface area contributed by atoms with Crippen molar-refractivity contribution in [2.45, 2.75) is 26.3 Å². The fourth-order valence-corrected chi connectivity index (χ4v) is 3.10. The third kappa shape index (κ3) is 2.38. The second-order valence-corrected chi connectivity index (χ2v) is 6.44.